The summed E-state index contributed by atoms with van der Waals surface area (Å²) in [5.41, 5.74) is 2.22. The summed E-state index contributed by atoms with van der Waals surface area (Å²) in [4.78, 5) is 18.7. The van der Waals surface area contributed by atoms with E-state index in [0.29, 0.717) is 35.2 Å². The molecule has 7 heteroatoms. The Bertz CT molecular complexity index is 957. The largest absolute Gasteiger partial charge is 0.493 e. The number of amides is 1. The van der Waals surface area contributed by atoms with E-state index < -0.39 is 0 Å². The summed E-state index contributed by atoms with van der Waals surface area (Å²) < 4.78 is 23.6. The number of rotatable bonds is 7. The van der Waals surface area contributed by atoms with Crippen LogP contribution in [0.25, 0.3) is 10.6 Å². The van der Waals surface area contributed by atoms with Gasteiger partial charge in [0.1, 0.15) is 16.5 Å². The number of nitrogens with zero attached hydrogens (tertiary/aromatic N) is 2. The molecule has 0 atom stereocenters. The second-order valence-electron chi connectivity index (χ2n) is 6.21. The second-order valence-corrected chi connectivity index (χ2v) is 7.07. The molecular weight excluding hydrogens is 379 g/mol. The Labute approximate surface area is 167 Å². The molecule has 0 spiro atoms. The smallest absolute Gasteiger partial charge is 0.273 e. The summed E-state index contributed by atoms with van der Waals surface area (Å²) in [6.07, 6.45) is 0.678. The first-order valence-corrected chi connectivity index (χ1v) is 9.57. The van der Waals surface area contributed by atoms with Gasteiger partial charge in [-0.25, -0.2) is 9.37 Å². The Balaban J connectivity index is 1.64. The minimum absolute atomic E-state index is 0.148. The first kappa shape index (κ1) is 19.8. The molecule has 0 saturated carbocycles. The van der Waals surface area contributed by atoms with Crippen LogP contribution in [0.4, 0.5) is 4.39 Å². The molecule has 5 nitrogen and oxygen atoms in total. The summed E-state index contributed by atoms with van der Waals surface area (Å²) >= 11 is 1.37. The minimum atomic E-state index is -0.300. The maximum absolute atomic E-state index is 13.1. The van der Waals surface area contributed by atoms with Gasteiger partial charge in [-0.1, -0.05) is 6.07 Å². The van der Waals surface area contributed by atoms with Gasteiger partial charge in [0.05, 0.1) is 14.2 Å². The fourth-order valence-electron chi connectivity index (χ4n) is 2.73. The number of carbonyl (C=O) groups excluding carboxylic acids is 1. The molecule has 1 heterocycles. The van der Waals surface area contributed by atoms with E-state index in [9.17, 15) is 9.18 Å². The van der Waals surface area contributed by atoms with Crippen molar-refractivity contribution >= 4 is 17.2 Å². The number of ether oxygens (including phenoxy) is 2. The summed E-state index contributed by atoms with van der Waals surface area (Å²) in [6.45, 7) is 0.539. The summed E-state index contributed by atoms with van der Waals surface area (Å²) in [6, 6.07) is 11.8. The topological polar surface area (TPSA) is 51.7 Å². The Kier molecular flexibility index (Phi) is 6.26. The molecule has 3 rings (SSSR count). The molecule has 0 aliphatic heterocycles. The summed E-state index contributed by atoms with van der Waals surface area (Å²) in [5, 5.41) is 2.42. The fraction of sp³-hybridized carbons (Fsp3) is 0.238. The van der Waals surface area contributed by atoms with Crippen molar-refractivity contribution in [1.29, 1.82) is 0 Å². The van der Waals surface area contributed by atoms with Gasteiger partial charge in [0, 0.05) is 24.5 Å². The van der Waals surface area contributed by atoms with Crippen LogP contribution in [0.15, 0.2) is 47.8 Å². The van der Waals surface area contributed by atoms with Crippen LogP contribution in [0.3, 0.4) is 0 Å². The van der Waals surface area contributed by atoms with Crippen LogP contribution in [-0.4, -0.2) is 43.6 Å². The highest BCUT2D eigenvalue weighted by molar-refractivity contribution is 7.13. The molecule has 0 aliphatic carbocycles. The number of thiazole rings is 1. The molecule has 28 heavy (non-hydrogen) atoms. The normalized spacial score (nSPS) is 10.6. The lowest BCUT2D eigenvalue weighted by Crippen LogP contribution is -2.29. The maximum atomic E-state index is 13.1. The van der Waals surface area contributed by atoms with Crippen molar-refractivity contribution in [2.24, 2.45) is 0 Å². The van der Waals surface area contributed by atoms with Gasteiger partial charge >= 0.3 is 0 Å². The lowest BCUT2D eigenvalue weighted by Gasteiger charge is -2.16. The third-order valence-electron chi connectivity index (χ3n) is 4.35. The molecule has 1 aromatic heterocycles. The van der Waals surface area contributed by atoms with Crippen LogP contribution < -0.4 is 9.47 Å². The van der Waals surface area contributed by atoms with Gasteiger partial charge in [-0.3, -0.25) is 4.79 Å². The molecule has 0 saturated heterocycles. The zero-order chi connectivity index (χ0) is 20.1. The van der Waals surface area contributed by atoms with Crippen molar-refractivity contribution in [1.82, 2.24) is 9.88 Å². The Hall–Kier alpha value is -2.93. The van der Waals surface area contributed by atoms with E-state index in [1.54, 1.807) is 43.7 Å². The molecule has 0 bridgehead atoms. The van der Waals surface area contributed by atoms with E-state index in [1.165, 1.54) is 23.5 Å². The van der Waals surface area contributed by atoms with E-state index in [0.717, 1.165) is 11.1 Å². The fourth-order valence-corrected chi connectivity index (χ4v) is 3.53. The summed E-state index contributed by atoms with van der Waals surface area (Å²) in [7, 11) is 4.94. The minimum Gasteiger partial charge on any atom is -0.493 e. The Morgan fingerprint density at radius 1 is 1.11 bits per heavy atom. The number of carbonyl (C=O) groups is 1. The molecule has 0 aliphatic rings. The molecule has 0 fully saturated rings. The SMILES string of the molecule is COc1ccc(CCN(C)C(=O)c2csc(-c3ccc(F)cc3)n2)cc1OC. The lowest BCUT2D eigenvalue weighted by atomic mass is 10.1. The zero-order valence-electron chi connectivity index (χ0n) is 15.9. The summed E-state index contributed by atoms with van der Waals surface area (Å²) in [5.74, 6) is 0.889. The average Bonchev–Trinajstić information content (AvgIpc) is 3.21. The number of likely N-dealkylation sites (N-methyl/N-ethyl adjacent to an activating group) is 1. The molecule has 0 N–H and O–H groups in total. The van der Waals surface area contributed by atoms with E-state index in [1.807, 2.05) is 18.2 Å². The van der Waals surface area contributed by atoms with Crippen LogP contribution in [-0.2, 0) is 6.42 Å². The molecule has 146 valence electrons. The van der Waals surface area contributed by atoms with Gasteiger partial charge in [-0.2, -0.15) is 0 Å². The molecule has 0 unspecified atom stereocenters. The Morgan fingerprint density at radius 2 is 1.82 bits per heavy atom. The third-order valence-corrected chi connectivity index (χ3v) is 5.24. The predicted octanol–water partition coefficient (Wildman–Crippen LogP) is 4.28. The van der Waals surface area contributed by atoms with Gasteiger partial charge < -0.3 is 14.4 Å². The average molecular weight is 400 g/mol. The maximum Gasteiger partial charge on any atom is 0.273 e. The number of hydrogen-bond donors (Lipinski definition) is 0. The number of hydrogen-bond acceptors (Lipinski definition) is 5. The van der Waals surface area contributed by atoms with Gasteiger partial charge in [-0.05, 0) is 48.4 Å². The van der Waals surface area contributed by atoms with E-state index in [4.69, 9.17) is 9.47 Å². The first-order valence-electron chi connectivity index (χ1n) is 8.69. The van der Waals surface area contributed by atoms with Crippen LogP contribution in [0, 0.1) is 5.82 Å². The zero-order valence-corrected chi connectivity index (χ0v) is 16.8. The highest BCUT2D eigenvalue weighted by atomic mass is 32.1. The Morgan fingerprint density at radius 3 is 2.50 bits per heavy atom. The molecular formula is C21H21FN2O3S. The number of aromatic nitrogens is 1. The van der Waals surface area contributed by atoms with E-state index in [-0.39, 0.29) is 11.7 Å². The highest BCUT2D eigenvalue weighted by Gasteiger charge is 2.16. The first-order chi connectivity index (χ1) is 13.5. The van der Waals surface area contributed by atoms with Crippen LogP contribution in [0.5, 0.6) is 11.5 Å². The van der Waals surface area contributed by atoms with E-state index in [2.05, 4.69) is 4.98 Å². The lowest BCUT2D eigenvalue weighted by molar-refractivity contribution is 0.0791. The third kappa shape index (κ3) is 4.48. The standard InChI is InChI=1S/C21H21FN2O3S/c1-24(11-10-14-4-9-18(26-2)19(12-14)27-3)21(25)17-13-28-20(23-17)15-5-7-16(22)8-6-15/h4-9,12-13H,10-11H2,1-3H3. The van der Waals surface area contributed by atoms with Gasteiger partial charge in [0.25, 0.3) is 5.91 Å². The van der Waals surface area contributed by atoms with Crippen LogP contribution in [0.2, 0.25) is 0 Å². The van der Waals surface area contributed by atoms with Crippen molar-refractivity contribution in [3.63, 3.8) is 0 Å². The highest BCUT2D eigenvalue weighted by Crippen LogP contribution is 2.28. The molecule has 0 radical (unpaired) electrons. The number of methoxy groups -OCH3 is 2. The van der Waals surface area contributed by atoms with Gasteiger partial charge in [0.15, 0.2) is 11.5 Å². The van der Waals surface area contributed by atoms with Crippen molar-refractivity contribution < 1.29 is 18.7 Å². The van der Waals surface area contributed by atoms with Crippen LogP contribution >= 0.6 is 11.3 Å². The van der Waals surface area contributed by atoms with Gasteiger partial charge in [-0.15, -0.1) is 11.3 Å². The molecule has 1 amide bonds. The van der Waals surface area contributed by atoms with Crippen molar-refractivity contribution in [2.45, 2.75) is 6.42 Å². The molecule has 2 aromatic carbocycles. The van der Waals surface area contributed by atoms with Crippen molar-refractivity contribution in [3.05, 3.63) is 64.9 Å². The van der Waals surface area contributed by atoms with E-state index >= 15 is 0 Å². The quantitative estimate of drug-likeness (QED) is 0.594. The number of halogens is 1. The van der Waals surface area contributed by atoms with Crippen molar-refractivity contribution in [3.8, 4) is 22.1 Å². The molecule has 3 aromatic rings. The van der Waals surface area contributed by atoms with Gasteiger partial charge in [0.2, 0.25) is 0 Å². The van der Waals surface area contributed by atoms with Crippen molar-refractivity contribution in [2.75, 3.05) is 27.8 Å². The predicted molar refractivity (Wildman–Crippen MR) is 108 cm³/mol. The van der Waals surface area contributed by atoms with Crippen LogP contribution in [0.1, 0.15) is 16.1 Å². The number of benzene rings is 2. The monoisotopic (exact) mass is 400 g/mol. The second kappa shape index (κ2) is 8.84.